The summed E-state index contributed by atoms with van der Waals surface area (Å²) in [6, 6.07) is 9.76. The lowest BCUT2D eigenvalue weighted by Gasteiger charge is -2.04. The first-order chi connectivity index (χ1) is 10.1. The summed E-state index contributed by atoms with van der Waals surface area (Å²) in [7, 11) is 0. The monoisotopic (exact) mass is 300 g/mol. The van der Waals surface area contributed by atoms with E-state index in [-0.39, 0.29) is 12.5 Å². The van der Waals surface area contributed by atoms with E-state index in [0.29, 0.717) is 21.0 Å². The third kappa shape index (κ3) is 3.92. The molecule has 4 N–H and O–H groups in total. The van der Waals surface area contributed by atoms with Crippen LogP contribution in [0.1, 0.15) is 24.9 Å². The van der Waals surface area contributed by atoms with Crippen molar-refractivity contribution in [3.05, 3.63) is 51.7 Å². The molecule has 0 radical (unpaired) electrons. The van der Waals surface area contributed by atoms with Crippen LogP contribution in [0.2, 0.25) is 0 Å². The Kier molecular flexibility index (Phi) is 4.72. The number of aliphatic hydroxyl groups excluding tert-OH is 1. The van der Waals surface area contributed by atoms with E-state index >= 15 is 0 Å². The first-order valence-electron chi connectivity index (χ1n) is 6.01. The number of rotatable bonds is 3. The van der Waals surface area contributed by atoms with Gasteiger partial charge >= 0.3 is 0 Å². The molecule has 0 unspecified atom stereocenters. The zero-order valence-electron chi connectivity index (χ0n) is 10.9. The number of amides is 2. The SMILES string of the molecule is NC(=O)c1cccc(NC(=O)c2ccc(C#CCO)s2)c1. The van der Waals surface area contributed by atoms with Gasteiger partial charge in [0.25, 0.3) is 5.91 Å². The Morgan fingerprint density at radius 3 is 2.81 bits per heavy atom. The molecule has 2 rings (SSSR count). The lowest BCUT2D eigenvalue weighted by molar-refractivity contribution is 0.0996. The lowest BCUT2D eigenvalue weighted by Crippen LogP contribution is -2.13. The summed E-state index contributed by atoms with van der Waals surface area (Å²) in [6.07, 6.45) is 0. The Balaban J connectivity index is 2.12. The van der Waals surface area contributed by atoms with Crippen molar-refractivity contribution in [3.8, 4) is 11.8 Å². The van der Waals surface area contributed by atoms with Crippen molar-refractivity contribution >= 4 is 28.8 Å². The van der Waals surface area contributed by atoms with Crippen molar-refractivity contribution in [1.29, 1.82) is 0 Å². The number of anilines is 1. The fourth-order valence-corrected chi connectivity index (χ4v) is 2.37. The van der Waals surface area contributed by atoms with E-state index in [1.54, 1.807) is 30.3 Å². The summed E-state index contributed by atoms with van der Waals surface area (Å²) in [5.74, 6) is 4.41. The number of carbonyl (C=O) groups excluding carboxylic acids is 2. The first kappa shape index (κ1) is 14.8. The molecule has 21 heavy (non-hydrogen) atoms. The number of primary amides is 1. The second-order valence-electron chi connectivity index (χ2n) is 4.02. The van der Waals surface area contributed by atoms with E-state index in [9.17, 15) is 9.59 Å². The van der Waals surface area contributed by atoms with Crippen LogP contribution in [0.4, 0.5) is 5.69 Å². The van der Waals surface area contributed by atoms with Crippen LogP contribution in [0.5, 0.6) is 0 Å². The van der Waals surface area contributed by atoms with Gasteiger partial charge in [-0.1, -0.05) is 17.9 Å². The largest absolute Gasteiger partial charge is 0.384 e. The first-order valence-corrected chi connectivity index (χ1v) is 6.82. The molecule has 0 atom stereocenters. The Labute approximate surface area is 125 Å². The molecule has 5 nitrogen and oxygen atoms in total. The van der Waals surface area contributed by atoms with Gasteiger partial charge in [-0.25, -0.2) is 0 Å². The second-order valence-corrected chi connectivity index (χ2v) is 5.11. The number of nitrogens with one attached hydrogen (secondary N) is 1. The molecule has 0 saturated heterocycles. The fraction of sp³-hybridized carbons (Fsp3) is 0.0667. The molecule has 1 aromatic heterocycles. The maximum Gasteiger partial charge on any atom is 0.265 e. The summed E-state index contributed by atoms with van der Waals surface area (Å²) >= 11 is 1.22. The molecular weight excluding hydrogens is 288 g/mol. The Hall–Kier alpha value is -2.62. The minimum Gasteiger partial charge on any atom is -0.384 e. The van der Waals surface area contributed by atoms with Crippen LogP contribution in [0, 0.1) is 11.8 Å². The van der Waals surface area contributed by atoms with Crippen molar-refractivity contribution in [2.45, 2.75) is 0 Å². The average molecular weight is 300 g/mol. The van der Waals surface area contributed by atoms with Gasteiger partial charge in [-0.2, -0.15) is 0 Å². The summed E-state index contributed by atoms with van der Waals surface area (Å²) in [5.41, 5.74) is 6.01. The van der Waals surface area contributed by atoms with Crippen molar-refractivity contribution in [1.82, 2.24) is 0 Å². The maximum atomic E-state index is 12.1. The number of hydrogen-bond donors (Lipinski definition) is 3. The van der Waals surface area contributed by atoms with Crippen molar-refractivity contribution in [2.75, 3.05) is 11.9 Å². The number of nitrogens with two attached hydrogens (primary N) is 1. The Morgan fingerprint density at radius 1 is 1.29 bits per heavy atom. The van der Waals surface area contributed by atoms with Gasteiger partial charge in [0.05, 0.1) is 9.75 Å². The van der Waals surface area contributed by atoms with E-state index in [4.69, 9.17) is 10.8 Å². The summed E-state index contributed by atoms with van der Waals surface area (Å²) in [4.78, 5) is 24.3. The zero-order chi connectivity index (χ0) is 15.2. The molecule has 0 aliphatic heterocycles. The number of aliphatic hydroxyl groups is 1. The molecule has 1 heterocycles. The van der Waals surface area contributed by atoms with Gasteiger partial charge in [0, 0.05) is 11.3 Å². The second kappa shape index (κ2) is 6.70. The number of hydrogen-bond acceptors (Lipinski definition) is 4. The highest BCUT2D eigenvalue weighted by Gasteiger charge is 2.10. The maximum absolute atomic E-state index is 12.1. The predicted molar refractivity (Wildman–Crippen MR) is 81.2 cm³/mol. The highest BCUT2D eigenvalue weighted by atomic mass is 32.1. The van der Waals surface area contributed by atoms with E-state index in [1.807, 2.05) is 0 Å². The summed E-state index contributed by atoms with van der Waals surface area (Å²) < 4.78 is 0. The lowest BCUT2D eigenvalue weighted by atomic mass is 10.2. The van der Waals surface area contributed by atoms with Gasteiger partial charge in [0.2, 0.25) is 5.91 Å². The van der Waals surface area contributed by atoms with E-state index in [2.05, 4.69) is 17.2 Å². The van der Waals surface area contributed by atoms with Gasteiger partial charge in [-0.15, -0.1) is 11.3 Å². The molecule has 0 aliphatic rings. The van der Waals surface area contributed by atoms with Crippen molar-refractivity contribution in [2.24, 2.45) is 5.73 Å². The van der Waals surface area contributed by atoms with Crippen LogP contribution in [0.25, 0.3) is 0 Å². The topological polar surface area (TPSA) is 92.4 Å². The molecule has 2 aromatic rings. The molecule has 6 heteroatoms. The predicted octanol–water partition coefficient (Wildman–Crippen LogP) is 1.44. The van der Waals surface area contributed by atoms with Gasteiger partial charge in [0.15, 0.2) is 0 Å². The fourth-order valence-electron chi connectivity index (χ4n) is 1.60. The molecule has 0 bridgehead atoms. The Morgan fingerprint density at radius 2 is 2.10 bits per heavy atom. The van der Waals surface area contributed by atoms with Crippen LogP contribution in [-0.2, 0) is 0 Å². The van der Waals surface area contributed by atoms with E-state index < -0.39 is 5.91 Å². The normalized spacial score (nSPS) is 9.57. The average Bonchev–Trinajstić information content (AvgIpc) is 2.94. The van der Waals surface area contributed by atoms with E-state index in [1.165, 1.54) is 17.4 Å². The summed E-state index contributed by atoms with van der Waals surface area (Å²) in [5, 5.41) is 11.3. The van der Waals surface area contributed by atoms with E-state index in [0.717, 1.165) is 0 Å². The highest BCUT2D eigenvalue weighted by Crippen LogP contribution is 2.18. The highest BCUT2D eigenvalue weighted by molar-refractivity contribution is 7.14. The quantitative estimate of drug-likeness (QED) is 0.749. The van der Waals surface area contributed by atoms with Crippen LogP contribution >= 0.6 is 11.3 Å². The molecule has 0 spiro atoms. The van der Waals surface area contributed by atoms with Crippen LogP contribution in [0.3, 0.4) is 0 Å². The minimum atomic E-state index is -0.552. The van der Waals surface area contributed by atoms with Gasteiger partial charge in [0.1, 0.15) is 6.61 Å². The minimum absolute atomic E-state index is 0.223. The third-order valence-electron chi connectivity index (χ3n) is 2.53. The molecule has 0 saturated carbocycles. The molecule has 1 aromatic carbocycles. The van der Waals surface area contributed by atoms with Crippen LogP contribution in [-0.4, -0.2) is 23.5 Å². The standard InChI is InChI=1S/C15H12N2O3S/c16-14(19)10-3-1-4-11(9-10)17-15(20)13-7-6-12(21-13)5-2-8-18/h1,3-4,6-7,9,18H,8H2,(H2,16,19)(H,17,20). The summed E-state index contributed by atoms with van der Waals surface area (Å²) in [6.45, 7) is -0.223. The molecular formula is C15H12N2O3S. The Bertz CT molecular complexity index is 741. The molecule has 2 amide bonds. The van der Waals surface area contributed by atoms with Crippen LogP contribution < -0.4 is 11.1 Å². The molecule has 0 fully saturated rings. The van der Waals surface area contributed by atoms with Crippen LogP contribution in [0.15, 0.2) is 36.4 Å². The number of carbonyl (C=O) groups is 2. The van der Waals surface area contributed by atoms with Gasteiger partial charge in [-0.05, 0) is 30.3 Å². The molecule has 0 aliphatic carbocycles. The number of thiophene rings is 1. The third-order valence-corrected chi connectivity index (χ3v) is 3.52. The van der Waals surface area contributed by atoms with Gasteiger partial charge < -0.3 is 16.2 Å². The number of benzene rings is 1. The smallest absolute Gasteiger partial charge is 0.265 e. The zero-order valence-corrected chi connectivity index (χ0v) is 11.7. The van der Waals surface area contributed by atoms with Crippen molar-refractivity contribution in [3.63, 3.8) is 0 Å². The van der Waals surface area contributed by atoms with Crippen molar-refractivity contribution < 1.29 is 14.7 Å². The van der Waals surface area contributed by atoms with Gasteiger partial charge in [-0.3, -0.25) is 9.59 Å². The molecule has 106 valence electrons.